The monoisotopic (exact) mass is 187 g/mol. The quantitative estimate of drug-likeness (QED) is 0.648. The van der Waals surface area contributed by atoms with Crippen LogP contribution in [0.25, 0.3) is 0 Å². The fraction of sp³-hybridized carbons (Fsp3) is 0.900. The molecule has 0 fully saturated rings. The number of rotatable bonds is 7. The van der Waals surface area contributed by atoms with Crippen molar-refractivity contribution in [3.8, 4) is 0 Å². The number of Topliss-reactive ketones (excluding diaryl/α,β-unsaturated/α-hetero) is 1. The molecular weight excluding hydrogens is 166 g/mol. The van der Waals surface area contributed by atoms with Gasteiger partial charge in [-0.05, 0) is 26.8 Å². The van der Waals surface area contributed by atoms with E-state index in [1.165, 1.54) is 0 Å². The molecule has 1 atom stereocenters. The molecule has 0 rings (SSSR count). The molecule has 0 aliphatic heterocycles. The molecule has 3 nitrogen and oxygen atoms in total. The molecule has 0 spiro atoms. The van der Waals surface area contributed by atoms with Crippen LogP contribution in [-0.4, -0.2) is 41.5 Å². The van der Waals surface area contributed by atoms with Gasteiger partial charge in [0, 0.05) is 25.6 Å². The van der Waals surface area contributed by atoms with E-state index in [0.29, 0.717) is 12.5 Å². The minimum absolute atomic E-state index is 0.225. The molecular formula is C10H21NO2. The third-order valence-electron chi connectivity index (χ3n) is 2.22. The fourth-order valence-corrected chi connectivity index (χ4v) is 1.51. The molecule has 0 bridgehead atoms. The first kappa shape index (κ1) is 12.6. The molecule has 0 aliphatic rings. The molecule has 0 aromatic carbocycles. The second-order valence-electron chi connectivity index (χ2n) is 3.46. The highest BCUT2D eigenvalue weighted by Crippen LogP contribution is 2.04. The third-order valence-corrected chi connectivity index (χ3v) is 2.22. The average molecular weight is 187 g/mol. The highest BCUT2D eigenvalue weighted by Gasteiger charge is 2.12. The summed E-state index contributed by atoms with van der Waals surface area (Å²) in [5.74, 6) is 0.231. The lowest BCUT2D eigenvalue weighted by atomic mass is 10.1. The number of nitrogens with zero attached hydrogens (tertiary/aromatic N) is 1. The van der Waals surface area contributed by atoms with E-state index in [2.05, 4.69) is 18.7 Å². The van der Waals surface area contributed by atoms with Gasteiger partial charge in [0.1, 0.15) is 5.78 Å². The number of hydrogen-bond donors (Lipinski definition) is 1. The van der Waals surface area contributed by atoms with Gasteiger partial charge in [-0.3, -0.25) is 4.79 Å². The number of carbonyl (C=O) groups is 1. The summed E-state index contributed by atoms with van der Waals surface area (Å²) in [6.07, 6.45) is 1.40. The number of aliphatic hydroxyl groups is 1. The Morgan fingerprint density at radius 2 is 2.15 bits per heavy atom. The smallest absolute Gasteiger partial charge is 0.131 e. The molecule has 0 heterocycles. The maximum Gasteiger partial charge on any atom is 0.131 e. The van der Waals surface area contributed by atoms with Crippen LogP contribution in [0.5, 0.6) is 0 Å². The van der Waals surface area contributed by atoms with Crippen LogP contribution in [0.1, 0.15) is 33.6 Å². The highest BCUT2D eigenvalue weighted by atomic mass is 16.3. The molecule has 0 saturated carbocycles. The van der Waals surface area contributed by atoms with Gasteiger partial charge in [-0.15, -0.1) is 0 Å². The Labute approximate surface area is 80.7 Å². The van der Waals surface area contributed by atoms with Crippen molar-refractivity contribution in [3.63, 3.8) is 0 Å². The lowest BCUT2D eigenvalue weighted by molar-refractivity contribution is -0.118. The fourth-order valence-electron chi connectivity index (χ4n) is 1.51. The molecule has 0 saturated heterocycles. The van der Waals surface area contributed by atoms with Crippen molar-refractivity contribution in [1.82, 2.24) is 4.90 Å². The van der Waals surface area contributed by atoms with Gasteiger partial charge in [0.05, 0.1) is 0 Å². The van der Waals surface area contributed by atoms with Gasteiger partial charge in [-0.1, -0.05) is 6.92 Å². The highest BCUT2D eigenvalue weighted by molar-refractivity contribution is 5.76. The maximum atomic E-state index is 10.9. The van der Waals surface area contributed by atoms with E-state index in [0.717, 1.165) is 19.5 Å². The molecule has 78 valence electrons. The van der Waals surface area contributed by atoms with E-state index < -0.39 is 0 Å². The Morgan fingerprint density at radius 1 is 1.54 bits per heavy atom. The summed E-state index contributed by atoms with van der Waals surface area (Å²) in [4.78, 5) is 13.1. The Kier molecular flexibility index (Phi) is 6.82. The first-order valence-electron chi connectivity index (χ1n) is 4.96. The summed E-state index contributed by atoms with van der Waals surface area (Å²) >= 11 is 0. The van der Waals surface area contributed by atoms with Crippen LogP contribution in [-0.2, 0) is 4.79 Å². The lowest BCUT2D eigenvalue weighted by Gasteiger charge is -2.26. The van der Waals surface area contributed by atoms with Crippen LogP contribution >= 0.6 is 0 Å². The Morgan fingerprint density at radius 3 is 2.54 bits per heavy atom. The van der Waals surface area contributed by atoms with Crippen molar-refractivity contribution in [2.75, 3.05) is 19.7 Å². The Bertz CT molecular complexity index is 148. The molecule has 0 aliphatic carbocycles. The largest absolute Gasteiger partial charge is 0.396 e. The molecule has 1 N–H and O–H groups in total. The molecule has 0 amide bonds. The number of carbonyl (C=O) groups excluding carboxylic acids is 1. The normalized spacial score (nSPS) is 13.3. The molecule has 0 aromatic rings. The summed E-state index contributed by atoms with van der Waals surface area (Å²) in [6, 6.07) is 0.300. The standard InChI is InChI=1S/C10H21NO2/c1-4-11(6-5-7-12)9(2)8-10(3)13/h9,12H,4-8H2,1-3H3. The average Bonchev–Trinajstić information content (AvgIpc) is 2.04. The minimum Gasteiger partial charge on any atom is -0.396 e. The molecule has 13 heavy (non-hydrogen) atoms. The Balaban J connectivity index is 3.83. The molecule has 0 aromatic heterocycles. The van der Waals surface area contributed by atoms with Crippen molar-refractivity contribution in [2.45, 2.75) is 39.7 Å². The van der Waals surface area contributed by atoms with E-state index >= 15 is 0 Å². The van der Waals surface area contributed by atoms with E-state index in [-0.39, 0.29) is 12.4 Å². The molecule has 3 heteroatoms. The van der Waals surface area contributed by atoms with Gasteiger partial charge >= 0.3 is 0 Å². The van der Waals surface area contributed by atoms with Gasteiger partial charge in [-0.25, -0.2) is 0 Å². The van der Waals surface area contributed by atoms with E-state index in [4.69, 9.17) is 5.11 Å². The number of ketones is 1. The summed E-state index contributed by atoms with van der Waals surface area (Å²) in [6.45, 7) is 7.80. The summed E-state index contributed by atoms with van der Waals surface area (Å²) in [7, 11) is 0. The summed E-state index contributed by atoms with van der Waals surface area (Å²) < 4.78 is 0. The van der Waals surface area contributed by atoms with Crippen molar-refractivity contribution in [2.24, 2.45) is 0 Å². The molecule has 0 radical (unpaired) electrons. The van der Waals surface area contributed by atoms with Crippen LogP contribution in [0, 0.1) is 0 Å². The predicted octanol–water partition coefficient (Wildman–Crippen LogP) is 1.06. The zero-order valence-corrected chi connectivity index (χ0v) is 8.92. The van der Waals surface area contributed by atoms with Gasteiger partial charge < -0.3 is 10.0 Å². The van der Waals surface area contributed by atoms with Crippen LogP contribution in [0.4, 0.5) is 0 Å². The maximum absolute atomic E-state index is 10.9. The second kappa shape index (κ2) is 7.04. The van der Waals surface area contributed by atoms with Gasteiger partial charge in [0.15, 0.2) is 0 Å². The van der Waals surface area contributed by atoms with Crippen molar-refractivity contribution < 1.29 is 9.90 Å². The van der Waals surface area contributed by atoms with Gasteiger partial charge in [-0.2, -0.15) is 0 Å². The van der Waals surface area contributed by atoms with Crippen LogP contribution in [0.3, 0.4) is 0 Å². The zero-order valence-electron chi connectivity index (χ0n) is 8.92. The molecule has 1 unspecified atom stereocenters. The topological polar surface area (TPSA) is 40.5 Å². The van der Waals surface area contributed by atoms with Crippen molar-refractivity contribution in [3.05, 3.63) is 0 Å². The summed E-state index contributed by atoms with van der Waals surface area (Å²) in [5.41, 5.74) is 0. The minimum atomic E-state index is 0.225. The van der Waals surface area contributed by atoms with E-state index in [9.17, 15) is 4.79 Å². The summed E-state index contributed by atoms with van der Waals surface area (Å²) in [5, 5.41) is 8.68. The van der Waals surface area contributed by atoms with E-state index in [1.54, 1.807) is 6.92 Å². The first-order valence-corrected chi connectivity index (χ1v) is 4.96. The zero-order chi connectivity index (χ0) is 10.3. The predicted molar refractivity (Wildman–Crippen MR) is 53.7 cm³/mol. The van der Waals surface area contributed by atoms with Crippen molar-refractivity contribution >= 4 is 5.78 Å². The van der Waals surface area contributed by atoms with Crippen molar-refractivity contribution in [1.29, 1.82) is 0 Å². The van der Waals surface area contributed by atoms with Crippen LogP contribution < -0.4 is 0 Å². The van der Waals surface area contributed by atoms with E-state index in [1.807, 2.05) is 0 Å². The lowest BCUT2D eigenvalue weighted by Crippen LogP contribution is -2.35. The second-order valence-corrected chi connectivity index (χ2v) is 3.46. The number of hydrogen-bond acceptors (Lipinski definition) is 3. The SMILES string of the molecule is CCN(CCCO)C(C)CC(C)=O. The van der Waals surface area contributed by atoms with Crippen LogP contribution in [0.2, 0.25) is 0 Å². The van der Waals surface area contributed by atoms with Gasteiger partial charge in [0.2, 0.25) is 0 Å². The number of aliphatic hydroxyl groups excluding tert-OH is 1. The van der Waals surface area contributed by atoms with Gasteiger partial charge in [0.25, 0.3) is 0 Å². The first-order chi connectivity index (χ1) is 6.11. The Hall–Kier alpha value is -0.410. The third kappa shape index (κ3) is 5.77. The van der Waals surface area contributed by atoms with Crippen LogP contribution in [0.15, 0.2) is 0 Å².